The summed E-state index contributed by atoms with van der Waals surface area (Å²) in [6, 6.07) is -0.0983. The van der Waals surface area contributed by atoms with Crippen LogP contribution in [-0.2, 0) is 4.74 Å². The van der Waals surface area contributed by atoms with Gasteiger partial charge in [0.15, 0.2) is 0 Å². The zero-order chi connectivity index (χ0) is 16.8. The van der Waals surface area contributed by atoms with Crippen LogP contribution >= 0.6 is 0 Å². The van der Waals surface area contributed by atoms with Gasteiger partial charge in [0.1, 0.15) is 0 Å². The SMILES string of the molecule is CC(C)CNC(=O)NCCCCCCOC(=O)NCC(C)C. The monoisotopic (exact) mass is 315 g/mol. The highest BCUT2D eigenvalue weighted by molar-refractivity contribution is 5.73. The van der Waals surface area contributed by atoms with Crippen molar-refractivity contribution in [3.05, 3.63) is 0 Å². The lowest BCUT2D eigenvalue weighted by molar-refractivity contribution is 0.142. The van der Waals surface area contributed by atoms with Gasteiger partial charge < -0.3 is 20.7 Å². The molecular weight excluding hydrogens is 282 g/mol. The van der Waals surface area contributed by atoms with Crippen molar-refractivity contribution in [1.82, 2.24) is 16.0 Å². The maximum absolute atomic E-state index is 11.4. The summed E-state index contributed by atoms with van der Waals surface area (Å²) in [5, 5.41) is 8.35. The predicted molar refractivity (Wildman–Crippen MR) is 88.9 cm³/mol. The van der Waals surface area contributed by atoms with Crippen LogP contribution in [0.2, 0.25) is 0 Å². The molecular formula is C16H33N3O3. The Bertz CT molecular complexity index is 277. The number of amides is 3. The number of nitrogens with one attached hydrogen (secondary N) is 3. The molecule has 3 N–H and O–H groups in total. The number of unbranched alkanes of at least 4 members (excludes halogenated alkanes) is 3. The molecule has 0 heterocycles. The molecule has 6 nitrogen and oxygen atoms in total. The maximum atomic E-state index is 11.4. The van der Waals surface area contributed by atoms with Gasteiger partial charge in [-0.15, -0.1) is 0 Å². The fourth-order valence-electron chi connectivity index (χ4n) is 1.65. The van der Waals surface area contributed by atoms with Crippen LogP contribution in [0.15, 0.2) is 0 Å². The van der Waals surface area contributed by atoms with Gasteiger partial charge in [-0.2, -0.15) is 0 Å². The first kappa shape index (κ1) is 20.5. The minimum atomic E-state index is -0.336. The fraction of sp³-hybridized carbons (Fsp3) is 0.875. The molecule has 6 heteroatoms. The first-order valence-electron chi connectivity index (χ1n) is 8.34. The summed E-state index contributed by atoms with van der Waals surface area (Å²) < 4.78 is 5.06. The average Bonchev–Trinajstić information content (AvgIpc) is 2.45. The lowest BCUT2D eigenvalue weighted by Gasteiger charge is -2.09. The van der Waals surface area contributed by atoms with Crippen molar-refractivity contribution >= 4 is 12.1 Å². The molecule has 0 aromatic heterocycles. The van der Waals surface area contributed by atoms with Crippen LogP contribution in [0.25, 0.3) is 0 Å². The van der Waals surface area contributed by atoms with Crippen LogP contribution in [0.1, 0.15) is 53.4 Å². The van der Waals surface area contributed by atoms with Gasteiger partial charge in [0.2, 0.25) is 0 Å². The first-order valence-corrected chi connectivity index (χ1v) is 8.34. The second-order valence-corrected chi connectivity index (χ2v) is 6.36. The molecule has 0 radical (unpaired) electrons. The molecule has 22 heavy (non-hydrogen) atoms. The Kier molecular flexibility index (Phi) is 12.3. The van der Waals surface area contributed by atoms with Gasteiger partial charge in [-0.25, -0.2) is 9.59 Å². The Morgan fingerprint density at radius 3 is 2.05 bits per heavy atom. The third-order valence-electron chi connectivity index (χ3n) is 2.92. The van der Waals surface area contributed by atoms with Crippen LogP contribution in [-0.4, -0.2) is 38.4 Å². The van der Waals surface area contributed by atoms with E-state index in [-0.39, 0.29) is 12.1 Å². The summed E-state index contributed by atoms with van der Waals surface area (Å²) in [6.45, 7) is 10.7. The maximum Gasteiger partial charge on any atom is 0.407 e. The van der Waals surface area contributed by atoms with Crippen molar-refractivity contribution < 1.29 is 14.3 Å². The highest BCUT2D eigenvalue weighted by Crippen LogP contribution is 1.99. The van der Waals surface area contributed by atoms with Crippen LogP contribution in [0.5, 0.6) is 0 Å². The van der Waals surface area contributed by atoms with Gasteiger partial charge in [0, 0.05) is 19.6 Å². The number of carbonyl (C=O) groups is 2. The third-order valence-corrected chi connectivity index (χ3v) is 2.92. The molecule has 0 atom stereocenters. The Morgan fingerprint density at radius 2 is 1.41 bits per heavy atom. The van der Waals surface area contributed by atoms with Crippen LogP contribution in [0.4, 0.5) is 9.59 Å². The van der Waals surface area contributed by atoms with E-state index in [0.717, 1.165) is 25.7 Å². The van der Waals surface area contributed by atoms with Crippen LogP contribution < -0.4 is 16.0 Å². The molecule has 0 spiro atoms. The molecule has 0 aliphatic rings. The lowest BCUT2D eigenvalue weighted by Crippen LogP contribution is -2.37. The average molecular weight is 315 g/mol. The van der Waals surface area contributed by atoms with E-state index in [9.17, 15) is 9.59 Å². The standard InChI is InChI=1S/C16H33N3O3/c1-13(2)11-18-15(20)17-9-7-5-6-8-10-22-16(21)19-12-14(3)4/h13-14H,5-12H2,1-4H3,(H,19,21)(H2,17,18,20). The van der Waals surface area contributed by atoms with Crippen molar-refractivity contribution in [2.24, 2.45) is 11.8 Å². The second kappa shape index (κ2) is 13.2. The van der Waals surface area contributed by atoms with E-state index in [0.29, 0.717) is 38.1 Å². The van der Waals surface area contributed by atoms with E-state index in [1.807, 2.05) is 13.8 Å². The van der Waals surface area contributed by atoms with E-state index in [1.165, 1.54) is 0 Å². The summed E-state index contributed by atoms with van der Waals surface area (Å²) in [5.74, 6) is 0.890. The van der Waals surface area contributed by atoms with Gasteiger partial charge >= 0.3 is 12.1 Å². The van der Waals surface area contributed by atoms with E-state index in [1.54, 1.807) is 0 Å². The number of carbonyl (C=O) groups excluding carboxylic acids is 2. The van der Waals surface area contributed by atoms with Crippen molar-refractivity contribution in [3.63, 3.8) is 0 Å². The number of alkyl carbamates (subject to hydrolysis) is 1. The van der Waals surface area contributed by atoms with Gasteiger partial charge in [-0.1, -0.05) is 34.1 Å². The molecule has 0 aliphatic heterocycles. The molecule has 0 rings (SSSR count). The molecule has 130 valence electrons. The number of hydrogen-bond donors (Lipinski definition) is 3. The molecule has 0 aromatic carbocycles. The lowest BCUT2D eigenvalue weighted by atomic mass is 10.2. The Labute approximate surface area is 134 Å². The van der Waals surface area contributed by atoms with Crippen molar-refractivity contribution in [3.8, 4) is 0 Å². The molecule has 3 amide bonds. The molecule has 0 aliphatic carbocycles. The largest absolute Gasteiger partial charge is 0.450 e. The van der Waals surface area contributed by atoms with E-state index in [2.05, 4.69) is 29.8 Å². The summed E-state index contributed by atoms with van der Waals surface area (Å²) >= 11 is 0. The molecule has 0 aromatic rings. The van der Waals surface area contributed by atoms with Gasteiger partial charge in [0.25, 0.3) is 0 Å². The fourth-order valence-corrected chi connectivity index (χ4v) is 1.65. The van der Waals surface area contributed by atoms with Crippen LogP contribution in [0, 0.1) is 11.8 Å². The van der Waals surface area contributed by atoms with Gasteiger partial charge in [0.05, 0.1) is 6.61 Å². The van der Waals surface area contributed by atoms with Crippen molar-refractivity contribution in [2.75, 3.05) is 26.2 Å². The summed E-state index contributed by atoms with van der Waals surface area (Å²) in [7, 11) is 0. The number of rotatable bonds is 11. The van der Waals surface area contributed by atoms with E-state index < -0.39 is 0 Å². The second-order valence-electron chi connectivity index (χ2n) is 6.36. The smallest absolute Gasteiger partial charge is 0.407 e. The topological polar surface area (TPSA) is 79.5 Å². The summed E-state index contributed by atoms with van der Waals surface area (Å²) in [6.07, 6.45) is 3.47. The molecule has 0 saturated heterocycles. The minimum Gasteiger partial charge on any atom is -0.450 e. The Hall–Kier alpha value is -1.46. The van der Waals surface area contributed by atoms with E-state index in [4.69, 9.17) is 4.74 Å². The first-order chi connectivity index (χ1) is 10.4. The van der Waals surface area contributed by atoms with Gasteiger partial charge in [-0.05, 0) is 31.1 Å². The molecule has 0 saturated carbocycles. The zero-order valence-corrected chi connectivity index (χ0v) is 14.5. The molecule has 0 unspecified atom stereocenters. The molecule has 0 bridgehead atoms. The summed E-state index contributed by atoms with van der Waals surface area (Å²) in [5.41, 5.74) is 0. The Balaban J connectivity index is 3.30. The van der Waals surface area contributed by atoms with Gasteiger partial charge in [-0.3, -0.25) is 0 Å². The molecule has 0 fully saturated rings. The van der Waals surface area contributed by atoms with Crippen LogP contribution in [0.3, 0.4) is 0 Å². The Morgan fingerprint density at radius 1 is 0.818 bits per heavy atom. The minimum absolute atomic E-state index is 0.0983. The highest BCUT2D eigenvalue weighted by Gasteiger charge is 2.03. The van der Waals surface area contributed by atoms with E-state index >= 15 is 0 Å². The van der Waals surface area contributed by atoms with Crippen molar-refractivity contribution in [1.29, 1.82) is 0 Å². The number of urea groups is 1. The quantitative estimate of drug-likeness (QED) is 0.513. The zero-order valence-electron chi connectivity index (χ0n) is 14.5. The number of hydrogen-bond acceptors (Lipinski definition) is 3. The number of ether oxygens (including phenoxy) is 1. The highest BCUT2D eigenvalue weighted by atomic mass is 16.5. The van der Waals surface area contributed by atoms with Crippen molar-refractivity contribution in [2.45, 2.75) is 53.4 Å². The normalized spacial score (nSPS) is 10.6. The summed E-state index contributed by atoms with van der Waals surface area (Å²) in [4.78, 5) is 22.7. The third kappa shape index (κ3) is 14.9. The predicted octanol–water partition coefficient (Wildman–Crippen LogP) is 2.88.